The van der Waals surface area contributed by atoms with Gasteiger partial charge in [0, 0.05) is 6.42 Å². The fourth-order valence-corrected chi connectivity index (χ4v) is 2.74. The van der Waals surface area contributed by atoms with Crippen LogP contribution >= 0.6 is 0 Å². The molecule has 0 heterocycles. The van der Waals surface area contributed by atoms with Crippen LogP contribution in [0, 0.1) is 13.8 Å². The summed E-state index contributed by atoms with van der Waals surface area (Å²) in [7, 11) is 0. The maximum Gasteiger partial charge on any atom is 0.307 e. The molecule has 0 aromatic heterocycles. The smallest absolute Gasteiger partial charge is 0.204 e. The second kappa shape index (κ2) is 8.35. The Bertz CT molecular complexity index is 769. The quantitative estimate of drug-likeness (QED) is 0.280. The number of alkyl halides is 4. The Morgan fingerprint density at radius 2 is 1.38 bits per heavy atom. The summed E-state index contributed by atoms with van der Waals surface area (Å²) in [6, 6.07) is 15.0. The van der Waals surface area contributed by atoms with Crippen LogP contribution in [0.4, 0.5) is 17.6 Å². The van der Waals surface area contributed by atoms with Gasteiger partial charge in [0.1, 0.15) is 0 Å². The minimum Gasteiger partial charge on any atom is -0.204 e. The van der Waals surface area contributed by atoms with Crippen LogP contribution in [0.5, 0.6) is 0 Å². The number of aryl methyl sites for hydroxylation is 2. The van der Waals surface area contributed by atoms with Crippen molar-refractivity contribution in [1.82, 2.24) is 0 Å². The van der Waals surface area contributed by atoms with Crippen molar-refractivity contribution in [2.24, 2.45) is 0 Å². The van der Waals surface area contributed by atoms with E-state index < -0.39 is 18.8 Å². The zero-order valence-corrected chi connectivity index (χ0v) is 14.9. The van der Waals surface area contributed by atoms with Crippen LogP contribution in [0.2, 0.25) is 0 Å². The lowest BCUT2D eigenvalue weighted by molar-refractivity contribution is -0.131. The minimum absolute atomic E-state index is 0.171. The lowest BCUT2D eigenvalue weighted by Crippen LogP contribution is -2.26. The van der Waals surface area contributed by atoms with E-state index in [0.29, 0.717) is 11.1 Å². The van der Waals surface area contributed by atoms with Crippen LogP contribution in [0.3, 0.4) is 0 Å². The average molecular weight is 362 g/mol. The summed E-state index contributed by atoms with van der Waals surface area (Å²) in [6.07, 6.45) is -3.17. The first-order valence-electron chi connectivity index (χ1n) is 8.40. The molecule has 0 aliphatic heterocycles. The Labute approximate surface area is 151 Å². The number of halogens is 4. The Hall–Kier alpha value is -2.36. The van der Waals surface area contributed by atoms with E-state index in [1.807, 2.05) is 62.4 Å². The lowest BCUT2D eigenvalue weighted by Gasteiger charge is -2.19. The van der Waals surface area contributed by atoms with Gasteiger partial charge in [-0.05, 0) is 42.5 Å². The van der Waals surface area contributed by atoms with Gasteiger partial charge in [0.2, 0.25) is 0 Å². The molecule has 2 aromatic rings. The average Bonchev–Trinajstić information content (AvgIpc) is 2.60. The Morgan fingerprint density at radius 3 is 1.81 bits per heavy atom. The van der Waals surface area contributed by atoms with E-state index in [1.54, 1.807) is 6.08 Å². The number of hydrogen-bond acceptors (Lipinski definition) is 0. The SMILES string of the molecule is C=C/C(=C(\CCC(F)(F)C(F)F)c1ccc(C)cc1)c1ccc(C)cc1. The van der Waals surface area contributed by atoms with Crippen LogP contribution in [0.1, 0.15) is 35.1 Å². The van der Waals surface area contributed by atoms with Crippen molar-refractivity contribution in [3.05, 3.63) is 83.4 Å². The van der Waals surface area contributed by atoms with Crippen LogP contribution in [-0.2, 0) is 0 Å². The fraction of sp³-hybridized carbons (Fsp3) is 0.273. The third-order valence-electron chi connectivity index (χ3n) is 4.32. The molecule has 0 aliphatic rings. The topological polar surface area (TPSA) is 0 Å². The van der Waals surface area contributed by atoms with Gasteiger partial charge in [-0.15, -0.1) is 0 Å². The molecule has 0 saturated heterocycles. The molecule has 0 aliphatic carbocycles. The summed E-state index contributed by atoms with van der Waals surface area (Å²) < 4.78 is 52.2. The molecule has 2 rings (SSSR count). The molecule has 0 fully saturated rings. The van der Waals surface area contributed by atoms with Gasteiger partial charge in [-0.3, -0.25) is 0 Å². The summed E-state index contributed by atoms with van der Waals surface area (Å²) in [5, 5.41) is 0. The highest BCUT2D eigenvalue weighted by molar-refractivity contribution is 5.95. The molecule has 0 nitrogen and oxygen atoms in total. The normalized spacial score (nSPS) is 12.9. The standard InChI is InChI=1S/C22H22F4/c1-4-19(17-9-5-15(2)6-10-17)20(13-14-22(25,26)21(23)24)18-11-7-16(3)8-12-18/h4-12,21H,1,13-14H2,2-3H3/b20-19-. The van der Waals surface area contributed by atoms with E-state index in [1.165, 1.54) is 0 Å². The summed E-state index contributed by atoms with van der Waals surface area (Å²) in [6.45, 7) is 7.68. The molecule has 0 unspecified atom stereocenters. The van der Waals surface area contributed by atoms with Gasteiger partial charge >= 0.3 is 12.3 Å². The number of benzene rings is 2. The zero-order valence-electron chi connectivity index (χ0n) is 14.9. The molecule has 138 valence electrons. The lowest BCUT2D eigenvalue weighted by atomic mass is 9.90. The third-order valence-corrected chi connectivity index (χ3v) is 4.32. The first-order chi connectivity index (χ1) is 12.2. The molecular weight excluding hydrogens is 340 g/mol. The van der Waals surface area contributed by atoms with Gasteiger partial charge in [0.25, 0.3) is 0 Å². The van der Waals surface area contributed by atoms with Crippen LogP contribution in [0.15, 0.2) is 61.2 Å². The van der Waals surface area contributed by atoms with Gasteiger partial charge in [-0.2, -0.15) is 0 Å². The maximum atomic E-state index is 13.5. The molecule has 4 heteroatoms. The highest BCUT2D eigenvalue weighted by atomic mass is 19.3. The predicted octanol–water partition coefficient (Wildman–Crippen LogP) is 7.08. The molecule has 0 radical (unpaired) electrons. The first kappa shape index (κ1) is 20.0. The van der Waals surface area contributed by atoms with Gasteiger partial charge in [0.05, 0.1) is 0 Å². The van der Waals surface area contributed by atoms with Crippen molar-refractivity contribution in [3.63, 3.8) is 0 Å². The fourth-order valence-electron chi connectivity index (χ4n) is 2.74. The predicted molar refractivity (Wildman–Crippen MR) is 99.6 cm³/mol. The van der Waals surface area contributed by atoms with Gasteiger partial charge in [-0.1, -0.05) is 72.3 Å². The van der Waals surface area contributed by atoms with Gasteiger partial charge < -0.3 is 0 Å². The Kier molecular flexibility index (Phi) is 6.41. The van der Waals surface area contributed by atoms with Gasteiger partial charge in [0.15, 0.2) is 0 Å². The highest BCUT2D eigenvalue weighted by Crippen LogP contribution is 2.36. The number of hydrogen-bond donors (Lipinski definition) is 0. The van der Waals surface area contributed by atoms with E-state index in [4.69, 9.17) is 0 Å². The molecule has 26 heavy (non-hydrogen) atoms. The zero-order chi connectivity index (χ0) is 19.3. The second-order valence-corrected chi connectivity index (χ2v) is 6.39. The molecule has 0 saturated carbocycles. The van der Waals surface area contributed by atoms with Crippen molar-refractivity contribution in [1.29, 1.82) is 0 Å². The van der Waals surface area contributed by atoms with E-state index in [2.05, 4.69) is 6.58 Å². The Balaban J connectivity index is 2.51. The molecule has 0 N–H and O–H groups in total. The van der Waals surface area contributed by atoms with Crippen molar-refractivity contribution >= 4 is 11.1 Å². The van der Waals surface area contributed by atoms with Crippen molar-refractivity contribution in [2.45, 2.75) is 39.0 Å². The molecule has 0 atom stereocenters. The van der Waals surface area contributed by atoms with Crippen LogP contribution in [0.25, 0.3) is 11.1 Å². The van der Waals surface area contributed by atoms with E-state index >= 15 is 0 Å². The summed E-state index contributed by atoms with van der Waals surface area (Å²) >= 11 is 0. The van der Waals surface area contributed by atoms with Crippen LogP contribution in [-0.4, -0.2) is 12.3 Å². The second-order valence-electron chi connectivity index (χ2n) is 6.39. The van der Waals surface area contributed by atoms with Gasteiger partial charge in [-0.25, -0.2) is 17.6 Å². The molecule has 2 aromatic carbocycles. The highest BCUT2D eigenvalue weighted by Gasteiger charge is 2.40. The molecule has 0 amide bonds. The van der Waals surface area contributed by atoms with E-state index in [9.17, 15) is 17.6 Å². The molecular formula is C22H22F4. The minimum atomic E-state index is -4.02. The van der Waals surface area contributed by atoms with Crippen molar-refractivity contribution in [2.75, 3.05) is 0 Å². The third kappa shape index (κ3) is 4.84. The largest absolute Gasteiger partial charge is 0.307 e. The van der Waals surface area contributed by atoms with E-state index in [0.717, 1.165) is 22.3 Å². The van der Waals surface area contributed by atoms with E-state index in [-0.39, 0.29) is 6.42 Å². The summed E-state index contributed by atoms with van der Waals surface area (Å²) in [4.78, 5) is 0. The number of allylic oxidation sites excluding steroid dienone is 3. The Morgan fingerprint density at radius 1 is 0.923 bits per heavy atom. The molecule has 0 bridgehead atoms. The number of rotatable bonds is 7. The van der Waals surface area contributed by atoms with Crippen LogP contribution < -0.4 is 0 Å². The first-order valence-corrected chi connectivity index (χ1v) is 8.40. The van der Waals surface area contributed by atoms with Crippen molar-refractivity contribution < 1.29 is 17.6 Å². The maximum absolute atomic E-state index is 13.5. The van der Waals surface area contributed by atoms with Crippen molar-refractivity contribution in [3.8, 4) is 0 Å². The summed E-state index contributed by atoms with van der Waals surface area (Å²) in [5.74, 6) is -4.02. The molecule has 0 spiro atoms. The monoisotopic (exact) mass is 362 g/mol. The summed E-state index contributed by atoms with van der Waals surface area (Å²) in [5.41, 5.74) is 4.92.